The average molecular weight is 262 g/mol. The molecule has 0 saturated heterocycles. The van der Waals surface area contributed by atoms with Gasteiger partial charge in [0.1, 0.15) is 0 Å². The van der Waals surface area contributed by atoms with Gasteiger partial charge in [0.05, 0.1) is 0 Å². The van der Waals surface area contributed by atoms with Crippen LogP contribution in [0.2, 0.25) is 0 Å². The van der Waals surface area contributed by atoms with E-state index in [2.05, 4.69) is 0 Å². The van der Waals surface area contributed by atoms with Gasteiger partial charge in [0, 0.05) is 10.6 Å². The Morgan fingerprint density at radius 1 is 0.882 bits per heavy atom. The molecule has 0 heterocycles. The molecule has 0 saturated carbocycles. The van der Waals surface area contributed by atoms with Crippen molar-refractivity contribution >= 4 is 28.0 Å². The summed E-state index contributed by atoms with van der Waals surface area (Å²) in [6.07, 6.45) is 0. The van der Waals surface area contributed by atoms with Gasteiger partial charge in [-0.25, -0.2) is 0 Å². The Bertz CT molecular complexity index is 472. The molecule has 2 aromatic carbocycles. The second-order valence-corrected chi connectivity index (χ2v) is 6.45. The number of hydrogen-bond acceptors (Lipinski definition) is 3. The molecule has 0 unspecified atom stereocenters. The fourth-order valence-corrected chi connectivity index (χ4v) is 4.29. The second kappa shape index (κ2) is 5.43. The van der Waals surface area contributed by atoms with Gasteiger partial charge in [-0.05, 0) is 24.3 Å². The van der Waals surface area contributed by atoms with Crippen LogP contribution >= 0.6 is 7.37 Å². The molecular weight excluding hydrogens is 251 g/mol. The van der Waals surface area contributed by atoms with Gasteiger partial charge in [0.2, 0.25) is 0 Å². The molecular formula is C12H11O3PSi. The van der Waals surface area contributed by atoms with Crippen molar-refractivity contribution in [3.05, 3.63) is 60.7 Å². The van der Waals surface area contributed by atoms with Gasteiger partial charge in [-0.2, -0.15) is 0 Å². The summed E-state index contributed by atoms with van der Waals surface area (Å²) in [6.45, 7) is 0. The summed E-state index contributed by atoms with van der Waals surface area (Å²) in [5, 5.41) is 1.18. The van der Waals surface area contributed by atoms with E-state index in [1.54, 1.807) is 48.5 Å². The van der Waals surface area contributed by atoms with E-state index in [1.165, 1.54) is 0 Å². The molecule has 86 valence electrons. The maximum Gasteiger partial charge on any atom is 0.436 e. The lowest BCUT2D eigenvalue weighted by Crippen LogP contribution is -2.19. The van der Waals surface area contributed by atoms with E-state index in [9.17, 15) is 4.57 Å². The number of hydrogen-bond donors (Lipinski definition) is 1. The van der Waals surface area contributed by atoms with E-state index < -0.39 is 17.4 Å². The van der Waals surface area contributed by atoms with Crippen LogP contribution in [-0.4, -0.2) is 14.8 Å². The molecule has 17 heavy (non-hydrogen) atoms. The summed E-state index contributed by atoms with van der Waals surface area (Å²) in [6, 6.07) is 17.9. The Morgan fingerprint density at radius 2 is 1.29 bits per heavy atom. The third-order valence-corrected chi connectivity index (χ3v) is 5.67. The summed E-state index contributed by atoms with van der Waals surface area (Å²) in [5.74, 6) is 0. The van der Waals surface area contributed by atoms with E-state index in [-0.39, 0.29) is 0 Å². The van der Waals surface area contributed by atoms with Crippen molar-refractivity contribution in [1.29, 1.82) is 0 Å². The molecule has 0 aliphatic rings. The molecule has 2 radical (unpaired) electrons. The van der Waals surface area contributed by atoms with Crippen molar-refractivity contribution in [1.82, 2.24) is 0 Å². The first-order valence-corrected chi connectivity index (χ1v) is 7.54. The molecule has 0 spiro atoms. The van der Waals surface area contributed by atoms with Gasteiger partial charge < -0.3 is 9.01 Å². The normalized spacial score (nSPS) is 11.4. The van der Waals surface area contributed by atoms with E-state index in [4.69, 9.17) is 9.01 Å². The summed E-state index contributed by atoms with van der Waals surface area (Å²) >= 11 is 0. The van der Waals surface area contributed by atoms with Crippen LogP contribution in [0.4, 0.5) is 0 Å². The zero-order valence-corrected chi connectivity index (χ0v) is 10.9. The SMILES string of the molecule is O=P(O[Si]O)(c1ccccc1)c1ccccc1. The third-order valence-electron chi connectivity index (χ3n) is 2.36. The van der Waals surface area contributed by atoms with Gasteiger partial charge in [-0.1, -0.05) is 36.4 Å². The molecule has 2 aromatic rings. The molecule has 0 aliphatic carbocycles. The van der Waals surface area contributed by atoms with Gasteiger partial charge >= 0.3 is 10.0 Å². The van der Waals surface area contributed by atoms with Crippen LogP contribution in [0.25, 0.3) is 0 Å². The van der Waals surface area contributed by atoms with Crippen LogP contribution in [-0.2, 0) is 8.78 Å². The minimum absolute atomic E-state index is 0.591. The standard InChI is InChI=1S/C12H11O3PSi/c13-16(15-17-14,11-7-3-1-4-8-11)12-9-5-2-6-10-12/h1-10,14H. The first-order chi connectivity index (χ1) is 8.27. The topological polar surface area (TPSA) is 46.5 Å². The van der Waals surface area contributed by atoms with Gasteiger partial charge in [-0.15, -0.1) is 0 Å². The molecule has 0 fully saturated rings. The highest BCUT2D eigenvalue weighted by Gasteiger charge is 2.28. The lowest BCUT2D eigenvalue weighted by molar-refractivity contribution is 0.446. The van der Waals surface area contributed by atoms with Crippen LogP contribution < -0.4 is 10.6 Å². The highest BCUT2D eigenvalue weighted by Crippen LogP contribution is 2.43. The third kappa shape index (κ3) is 2.56. The minimum Gasteiger partial charge on any atom is -0.409 e. The van der Waals surface area contributed by atoms with Gasteiger partial charge in [-0.3, -0.25) is 4.57 Å². The fraction of sp³-hybridized carbons (Fsp3) is 0. The molecule has 0 aliphatic heterocycles. The second-order valence-electron chi connectivity index (χ2n) is 3.41. The van der Waals surface area contributed by atoms with Crippen molar-refractivity contribution in [2.45, 2.75) is 0 Å². The Balaban J connectivity index is 2.51. The molecule has 0 atom stereocenters. The van der Waals surface area contributed by atoms with Gasteiger partial charge in [0.25, 0.3) is 7.37 Å². The Morgan fingerprint density at radius 3 is 1.65 bits per heavy atom. The first-order valence-electron chi connectivity index (χ1n) is 5.06. The van der Waals surface area contributed by atoms with Crippen LogP contribution in [0, 0.1) is 0 Å². The van der Waals surface area contributed by atoms with Crippen molar-refractivity contribution in [2.24, 2.45) is 0 Å². The van der Waals surface area contributed by atoms with E-state index >= 15 is 0 Å². The van der Waals surface area contributed by atoms with E-state index in [0.717, 1.165) is 0 Å². The predicted octanol–water partition coefficient (Wildman–Crippen LogP) is 1.46. The maximum atomic E-state index is 12.8. The summed E-state index contributed by atoms with van der Waals surface area (Å²) in [4.78, 5) is 8.96. The molecule has 3 nitrogen and oxygen atoms in total. The Hall–Kier alpha value is -1.19. The van der Waals surface area contributed by atoms with Crippen LogP contribution in [0.1, 0.15) is 0 Å². The molecule has 0 amide bonds. The molecule has 0 bridgehead atoms. The molecule has 0 aromatic heterocycles. The Labute approximate surface area is 103 Å². The lowest BCUT2D eigenvalue weighted by atomic mass is 10.4. The molecule has 2 rings (SSSR count). The lowest BCUT2D eigenvalue weighted by Gasteiger charge is -2.17. The first kappa shape index (κ1) is 12.3. The summed E-state index contributed by atoms with van der Waals surface area (Å²) in [5.41, 5.74) is 0. The van der Waals surface area contributed by atoms with Crippen molar-refractivity contribution in [3.63, 3.8) is 0 Å². The highest BCUT2D eigenvalue weighted by atomic mass is 31.2. The van der Waals surface area contributed by atoms with Gasteiger partial charge in [0.15, 0.2) is 0 Å². The van der Waals surface area contributed by atoms with Crippen LogP contribution in [0.3, 0.4) is 0 Å². The molecule has 5 heteroatoms. The van der Waals surface area contributed by atoms with Crippen molar-refractivity contribution in [2.75, 3.05) is 0 Å². The van der Waals surface area contributed by atoms with Crippen LogP contribution in [0.5, 0.6) is 0 Å². The number of rotatable bonds is 4. The zero-order chi connectivity index (χ0) is 12.1. The Kier molecular flexibility index (Phi) is 3.92. The average Bonchev–Trinajstić information content (AvgIpc) is 2.41. The minimum atomic E-state index is -3.16. The predicted molar refractivity (Wildman–Crippen MR) is 68.8 cm³/mol. The van der Waals surface area contributed by atoms with Crippen molar-refractivity contribution < 1.29 is 13.6 Å². The highest BCUT2D eigenvalue weighted by molar-refractivity contribution is 7.75. The fourth-order valence-electron chi connectivity index (χ4n) is 1.56. The summed E-state index contributed by atoms with van der Waals surface area (Å²) < 4.78 is 18.0. The zero-order valence-electron chi connectivity index (χ0n) is 8.98. The monoisotopic (exact) mass is 262 g/mol. The quantitative estimate of drug-likeness (QED) is 0.670. The van der Waals surface area contributed by atoms with E-state index in [0.29, 0.717) is 10.6 Å². The number of benzene rings is 2. The maximum absolute atomic E-state index is 12.8. The van der Waals surface area contributed by atoms with Crippen LogP contribution in [0.15, 0.2) is 60.7 Å². The van der Waals surface area contributed by atoms with Crippen molar-refractivity contribution in [3.8, 4) is 0 Å². The van der Waals surface area contributed by atoms with E-state index in [1.807, 2.05) is 12.1 Å². The smallest absolute Gasteiger partial charge is 0.409 e. The largest absolute Gasteiger partial charge is 0.436 e. The molecule has 1 N–H and O–H groups in total. The summed E-state index contributed by atoms with van der Waals surface area (Å²) in [7, 11) is -3.96.